The van der Waals surface area contributed by atoms with E-state index in [1.165, 1.54) is 6.07 Å². The number of halogens is 2. The molecule has 0 unspecified atom stereocenters. The Morgan fingerprint density at radius 3 is 2.41 bits per heavy atom. The number of hydrogen-bond acceptors (Lipinski definition) is 2. The second kappa shape index (κ2) is 8.86. The van der Waals surface area contributed by atoms with Crippen molar-refractivity contribution >= 4 is 29.2 Å². The number of amides is 1. The summed E-state index contributed by atoms with van der Waals surface area (Å²) in [5.74, 6) is 0.391. The normalized spacial score (nSPS) is 14.6. The van der Waals surface area contributed by atoms with Gasteiger partial charge in [0.2, 0.25) is 5.91 Å². The summed E-state index contributed by atoms with van der Waals surface area (Å²) in [6, 6.07) is 12.6. The summed E-state index contributed by atoms with van der Waals surface area (Å²) in [6.45, 7) is 1.87. The number of anilines is 1. The predicted molar refractivity (Wildman–Crippen MR) is 106 cm³/mol. The molecule has 0 atom stereocenters. The molecule has 0 spiro atoms. The van der Waals surface area contributed by atoms with Gasteiger partial charge in [-0.1, -0.05) is 29.8 Å². The molecule has 1 fully saturated rings. The summed E-state index contributed by atoms with van der Waals surface area (Å²) in [6.07, 6.45) is 1.55. The van der Waals surface area contributed by atoms with Gasteiger partial charge in [0.1, 0.15) is 5.82 Å². The van der Waals surface area contributed by atoms with Crippen LogP contribution in [0.15, 0.2) is 47.5 Å². The van der Waals surface area contributed by atoms with Crippen LogP contribution in [0.1, 0.15) is 24.0 Å². The first kappa shape index (κ1) is 19.2. The summed E-state index contributed by atoms with van der Waals surface area (Å²) in [7, 11) is 1.69. The van der Waals surface area contributed by atoms with Crippen LogP contribution >= 0.6 is 11.6 Å². The Labute approximate surface area is 163 Å². The zero-order valence-electron chi connectivity index (χ0n) is 15.1. The standard InChI is InChI=1S/C20H22ClFN4O/c1-23-20(25-13-15-6-9-18(22)17(21)11-15)24-12-14-4-7-16(8-5-14)26-10-2-3-19(26)27/h4-9,11H,2-3,10,12-13H2,1H3,(H2,23,24,25). The molecule has 1 amide bonds. The molecule has 1 heterocycles. The molecule has 1 saturated heterocycles. The maximum atomic E-state index is 13.2. The van der Waals surface area contributed by atoms with Crippen LogP contribution in [0.25, 0.3) is 0 Å². The minimum atomic E-state index is -0.429. The molecule has 0 bridgehead atoms. The van der Waals surface area contributed by atoms with Crippen LogP contribution in [-0.2, 0) is 17.9 Å². The van der Waals surface area contributed by atoms with Crippen molar-refractivity contribution in [2.75, 3.05) is 18.5 Å². The average Bonchev–Trinajstić information content (AvgIpc) is 3.11. The van der Waals surface area contributed by atoms with Crippen LogP contribution in [0.3, 0.4) is 0 Å². The van der Waals surface area contributed by atoms with Crippen LogP contribution < -0.4 is 15.5 Å². The van der Waals surface area contributed by atoms with E-state index in [1.54, 1.807) is 19.2 Å². The van der Waals surface area contributed by atoms with Gasteiger partial charge in [-0.2, -0.15) is 0 Å². The summed E-state index contributed by atoms with van der Waals surface area (Å²) in [4.78, 5) is 17.8. The zero-order valence-corrected chi connectivity index (χ0v) is 15.9. The molecular weight excluding hydrogens is 367 g/mol. The number of benzene rings is 2. The van der Waals surface area contributed by atoms with Crippen molar-refractivity contribution in [3.8, 4) is 0 Å². The van der Waals surface area contributed by atoms with E-state index in [2.05, 4.69) is 15.6 Å². The van der Waals surface area contributed by atoms with Crippen molar-refractivity contribution in [1.82, 2.24) is 10.6 Å². The maximum absolute atomic E-state index is 13.2. The summed E-state index contributed by atoms with van der Waals surface area (Å²) in [5, 5.41) is 6.51. The third-order valence-corrected chi connectivity index (χ3v) is 4.74. The van der Waals surface area contributed by atoms with Crippen LogP contribution in [0.2, 0.25) is 5.02 Å². The number of nitrogens with one attached hydrogen (secondary N) is 2. The Morgan fingerprint density at radius 1 is 1.15 bits per heavy atom. The van der Waals surface area contributed by atoms with E-state index in [1.807, 2.05) is 29.2 Å². The number of nitrogens with zero attached hydrogens (tertiary/aromatic N) is 2. The minimum absolute atomic E-state index is 0.105. The first-order valence-electron chi connectivity index (χ1n) is 8.84. The van der Waals surface area contributed by atoms with Crippen LogP contribution in [0.5, 0.6) is 0 Å². The highest BCUT2D eigenvalue weighted by atomic mass is 35.5. The Kier molecular flexibility index (Phi) is 6.29. The number of guanidine groups is 1. The molecule has 3 rings (SSSR count). The molecule has 2 aromatic carbocycles. The van der Waals surface area contributed by atoms with Crippen molar-refractivity contribution in [2.24, 2.45) is 4.99 Å². The Hall–Kier alpha value is -2.60. The molecule has 1 aliphatic rings. The fourth-order valence-corrected chi connectivity index (χ4v) is 3.16. The van der Waals surface area contributed by atoms with Crippen molar-refractivity contribution in [1.29, 1.82) is 0 Å². The van der Waals surface area contributed by atoms with E-state index in [0.717, 1.165) is 29.8 Å². The lowest BCUT2D eigenvalue weighted by molar-refractivity contribution is -0.117. The molecule has 1 aliphatic heterocycles. The van der Waals surface area contributed by atoms with Gasteiger partial charge in [-0.05, 0) is 41.8 Å². The molecule has 27 heavy (non-hydrogen) atoms. The van der Waals surface area contributed by atoms with E-state index in [-0.39, 0.29) is 10.9 Å². The van der Waals surface area contributed by atoms with Gasteiger partial charge in [0.15, 0.2) is 5.96 Å². The highest BCUT2D eigenvalue weighted by Gasteiger charge is 2.21. The van der Waals surface area contributed by atoms with Crippen LogP contribution in [0.4, 0.5) is 10.1 Å². The van der Waals surface area contributed by atoms with Gasteiger partial charge in [0, 0.05) is 38.8 Å². The van der Waals surface area contributed by atoms with Gasteiger partial charge in [-0.3, -0.25) is 9.79 Å². The fraction of sp³-hybridized carbons (Fsp3) is 0.300. The molecular formula is C20H22ClFN4O. The van der Waals surface area contributed by atoms with Gasteiger partial charge in [0.25, 0.3) is 0 Å². The quantitative estimate of drug-likeness (QED) is 0.609. The second-order valence-corrected chi connectivity index (χ2v) is 6.75. The third-order valence-electron chi connectivity index (χ3n) is 4.45. The van der Waals surface area contributed by atoms with E-state index in [0.29, 0.717) is 25.5 Å². The molecule has 0 radical (unpaired) electrons. The van der Waals surface area contributed by atoms with Gasteiger partial charge in [-0.25, -0.2) is 4.39 Å². The molecule has 0 aliphatic carbocycles. The van der Waals surface area contributed by atoms with E-state index < -0.39 is 5.82 Å². The largest absolute Gasteiger partial charge is 0.352 e. The van der Waals surface area contributed by atoms with Crippen molar-refractivity contribution in [3.05, 3.63) is 64.4 Å². The highest BCUT2D eigenvalue weighted by molar-refractivity contribution is 6.30. The molecule has 0 saturated carbocycles. The van der Waals surface area contributed by atoms with Crippen LogP contribution in [-0.4, -0.2) is 25.5 Å². The fourth-order valence-electron chi connectivity index (χ4n) is 2.96. The van der Waals surface area contributed by atoms with Crippen molar-refractivity contribution in [2.45, 2.75) is 25.9 Å². The van der Waals surface area contributed by atoms with Gasteiger partial charge in [-0.15, -0.1) is 0 Å². The highest BCUT2D eigenvalue weighted by Crippen LogP contribution is 2.21. The zero-order chi connectivity index (χ0) is 19.2. The number of aliphatic imine (C=N–C) groups is 1. The SMILES string of the molecule is CN=C(NCc1ccc(N2CCCC2=O)cc1)NCc1ccc(F)c(Cl)c1. The summed E-state index contributed by atoms with van der Waals surface area (Å²) >= 11 is 5.80. The van der Waals surface area contributed by atoms with Crippen LogP contribution in [0, 0.1) is 5.82 Å². The first-order valence-corrected chi connectivity index (χ1v) is 9.22. The number of carbonyl (C=O) groups is 1. The lowest BCUT2D eigenvalue weighted by atomic mass is 10.2. The first-order chi connectivity index (χ1) is 13.1. The lowest BCUT2D eigenvalue weighted by Gasteiger charge is -2.16. The average molecular weight is 389 g/mol. The maximum Gasteiger partial charge on any atom is 0.227 e. The van der Waals surface area contributed by atoms with Gasteiger partial charge < -0.3 is 15.5 Å². The van der Waals surface area contributed by atoms with Crippen molar-refractivity contribution < 1.29 is 9.18 Å². The van der Waals surface area contributed by atoms with E-state index >= 15 is 0 Å². The molecule has 7 heteroatoms. The Balaban J connectivity index is 1.51. The third kappa shape index (κ3) is 4.98. The molecule has 142 valence electrons. The van der Waals surface area contributed by atoms with Gasteiger partial charge in [0.05, 0.1) is 5.02 Å². The molecule has 2 N–H and O–H groups in total. The number of hydrogen-bond donors (Lipinski definition) is 2. The predicted octanol–water partition coefficient (Wildman–Crippen LogP) is 3.47. The topological polar surface area (TPSA) is 56.7 Å². The smallest absolute Gasteiger partial charge is 0.227 e. The Bertz CT molecular complexity index is 838. The van der Waals surface area contributed by atoms with E-state index in [9.17, 15) is 9.18 Å². The summed E-state index contributed by atoms with van der Waals surface area (Å²) in [5.41, 5.74) is 2.89. The number of carbonyl (C=O) groups excluding carboxylic acids is 1. The minimum Gasteiger partial charge on any atom is -0.352 e. The Morgan fingerprint density at radius 2 is 1.81 bits per heavy atom. The lowest BCUT2D eigenvalue weighted by Crippen LogP contribution is -2.36. The summed E-state index contributed by atoms with van der Waals surface area (Å²) < 4.78 is 13.2. The number of rotatable bonds is 5. The molecule has 5 nitrogen and oxygen atoms in total. The van der Waals surface area contributed by atoms with Crippen molar-refractivity contribution in [3.63, 3.8) is 0 Å². The van der Waals surface area contributed by atoms with Gasteiger partial charge >= 0.3 is 0 Å². The molecule has 2 aromatic rings. The monoisotopic (exact) mass is 388 g/mol. The second-order valence-electron chi connectivity index (χ2n) is 6.34. The molecule has 0 aromatic heterocycles. The van der Waals surface area contributed by atoms with E-state index in [4.69, 9.17) is 11.6 Å².